The van der Waals surface area contributed by atoms with E-state index in [2.05, 4.69) is 11.7 Å². The summed E-state index contributed by atoms with van der Waals surface area (Å²) in [5.41, 5.74) is 2.13. The predicted octanol–water partition coefficient (Wildman–Crippen LogP) is 3.50. The molecule has 0 bridgehead atoms. The van der Waals surface area contributed by atoms with Crippen LogP contribution < -0.4 is 5.56 Å². The van der Waals surface area contributed by atoms with Crippen molar-refractivity contribution in [3.05, 3.63) is 58.9 Å². The lowest BCUT2D eigenvalue weighted by Crippen LogP contribution is -2.25. The highest BCUT2D eigenvalue weighted by Crippen LogP contribution is 2.25. The van der Waals surface area contributed by atoms with Gasteiger partial charge in [-0.2, -0.15) is 5.10 Å². The molecule has 0 aliphatic rings. The van der Waals surface area contributed by atoms with Crippen LogP contribution >= 0.6 is 0 Å². The molecule has 0 atom stereocenters. The summed E-state index contributed by atoms with van der Waals surface area (Å²) < 4.78 is 6.94. The first-order valence-electron chi connectivity index (χ1n) is 7.06. The lowest BCUT2D eigenvalue weighted by molar-refractivity contribution is 0.299. The molecule has 0 N–H and O–H groups in total. The predicted molar refractivity (Wildman–Crippen MR) is 85.0 cm³/mol. The third-order valence-electron chi connectivity index (χ3n) is 3.11. The van der Waals surface area contributed by atoms with E-state index in [0.717, 1.165) is 5.56 Å². The number of benzene rings is 1. The Balaban J connectivity index is 2.66. The normalized spacial score (nSPS) is 10.7. The topological polar surface area (TPSA) is 44.1 Å². The van der Waals surface area contributed by atoms with E-state index < -0.39 is 0 Å². The summed E-state index contributed by atoms with van der Waals surface area (Å²) >= 11 is 0. The highest BCUT2D eigenvalue weighted by molar-refractivity contribution is 5.74. The molecule has 1 aromatic heterocycles. The lowest BCUT2D eigenvalue weighted by Gasteiger charge is -2.15. The van der Waals surface area contributed by atoms with Gasteiger partial charge in [0, 0.05) is 17.2 Å². The van der Waals surface area contributed by atoms with E-state index in [1.54, 1.807) is 6.07 Å². The molecule has 110 valence electrons. The molecule has 2 aromatic rings. The summed E-state index contributed by atoms with van der Waals surface area (Å²) in [6.45, 7) is 10.2. The molecule has 0 aliphatic carbocycles. The second-order valence-corrected chi connectivity index (χ2v) is 5.01. The van der Waals surface area contributed by atoms with Crippen molar-refractivity contribution in [2.75, 3.05) is 6.61 Å². The highest BCUT2D eigenvalue weighted by atomic mass is 16.5. The van der Waals surface area contributed by atoms with Gasteiger partial charge >= 0.3 is 0 Å². The summed E-state index contributed by atoms with van der Waals surface area (Å²) in [5.74, 6) is 0.469. The van der Waals surface area contributed by atoms with Gasteiger partial charge in [-0.1, -0.05) is 36.9 Å². The van der Waals surface area contributed by atoms with E-state index in [0.29, 0.717) is 23.6 Å². The molecule has 0 aliphatic heterocycles. The standard InChI is InChI=1S/C17H20N2O2/c1-5-21-13(4)15-11-16(20)19(12(2)3)18-17(15)14-9-7-6-8-10-14/h6-12H,4-5H2,1-3H3. The minimum Gasteiger partial charge on any atom is -0.494 e. The van der Waals surface area contributed by atoms with Gasteiger partial charge < -0.3 is 4.74 Å². The van der Waals surface area contributed by atoms with E-state index in [1.165, 1.54) is 4.68 Å². The Kier molecular flexibility index (Phi) is 4.58. The van der Waals surface area contributed by atoms with E-state index in [1.807, 2.05) is 51.1 Å². The van der Waals surface area contributed by atoms with E-state index >= 15 is 0 Å². The molecule has 21 heavy (non-hydrogen) atoms. The van der Waals surface area contributed by atoms with Gasteiger partial charge in [-0.15, -0.1) is 0 Å². The van der Waals surface area contributed by atoms with E-state index in [9.17, 15) is 4.79 Å². The van der Waals surface area contributed by atoms with Gasteiger partial charge in [0.05, 0.1) is 12.6 Å². The number of aromatic nitrogens is 2. The molecule has 1 aromatic carbocycles. The third-order valence-corrected chi connectivity index (χ3v) is 3.11. The summed E-state index contributed by atoms with van der Waals surface area (Å²) in [7, 11) is 0. The van der Waals surface area contributed by atoms with Crippen LogP contribution in [-0.2, 0) is 4.74 Å². The molecule has 1 heterocycles. The van der Waals surface area contributed by atoms with Gasteiger partial charge in [0.2, 0.25) is 0 Å². The Hall–Kier alpha value is -2.36. The number of hydrogen-bond acceptors (Lipinski definition) is 3. The monoisotopic (exact) mass is 284 g/mol. The van der Waals surface area contributed by atoms with Crippen molar-refractivity contribution in [2.45, 2.75) is 26.8 Å². The van der Waals surface area contributed by atoms with Crippen LogP contribution in [0.1, 0.15) is 32.4 Å². The largest absolute Gasteiger partial charge is 0.494 e. The first-order valence-corrected chi connectivity index (χ1v) is 7.06. The number of rotatable bonds is 5. The average Bonchev–Trinajstić information content (AvgIpc) is 2.47. The maximum absolute atomic E-state index is 12.2. The average molecular weight is 284 g/mol. The van der Waals surface area contributed by atoms with Crippen LogP contribution in [0, 0.1) is 0 Å². The summed E-state index contributed by atoms with van der Waals surface area (Å²) in [4.78, 5) is 12.2. The Morgan fingerprint density at radius 1 is 1.33 bits per heavy atom. The molecule has 4 nitrogen and oxygen atoms in total. The molecule has 0 radical (unpaired) electrons. The van der Waals surface area contributed by atoms with Crippen molar-refractivity contribution in [1.82, 2.24) is 9.78 Å². The van der Waals surface area contributed by atoms with Gasteiger partial charge in [-0.25, -0.2) is 4.68 Å². The molecular formula is C17H20N2O2. The first-order chi connectivity index (χ1) is 10.0. The fourth-order valence-electron chi connectivity index (χ4n) is 2.11. The van der Waals surface area contributed by atoms with Crippen molar-refractivity contribution in [2.24, 2.45) is 0 Å². The molecule has 0 fully saturated rings. The van der Waals surface area contributed by atoms with Gasteiger partial charge in [0.1, 0.15) is 11.5 Å². The van der Waals surface area contributed by atoms with Crippen LogP contribution in [0.3, 0.4) is 0 Å². The van der Waals surface area contributed by atoms with Crippen molar-refractivity contribution >= 4 is 5.76 Å². The fraction of sp³-hybridized carbons (Fsp3) is 0.294. The molecule has 0 amide bonds. The Bertz CT molecular complexity index is 688. The molecule has 2 rings (SSSR count). The fourth-order valence-corrected chi connectivity index (χ4v) is 2.11. The minimum absolute atomic E-state index is 0.00521. The number of hydrogen-bond donors (Lipinski definition) is 0. The van der Waals surface area contributed by atoms with Crippen LogP contribution in [0.25, 0.3) is 17.0 Å². The Morgan fingerprint density at radius 3 is 2.57 bits per heavy atom. The van der Waals surface area contributed by atoms with Crippen molar-refractivity contribution in [3.8, 4) is 11.3 Å². The molecule has 4 heteroatoms. The summed E-state index contributed by atoms with van der Waals surface area (Å²) in [6, 6.07) is 11.3. The second kappa shape index (κ2) is 6.39. The zero-order valence-corrected chi connectivity index (χ0v) is 12.7. The summed E-state index contributed by atoms with van der Waals surface area (Å²) in [6.07, 6.45) is 0. The Labute approximate surface area is 124 Å². The SMILES string of the molecule is C=C(OCC)c1cc(=O)n(C(C)C)nc1-c1ccccc1. The molecular weight excluding hydrogens is 264 g/mol. The zero-order chi connectivity index (χ0) is 15.4. The van der Waals surface area contributed by atoms with Crippen LogP contribution in [0.4, 0.5) is 0 Å². The van der Waals surface area contributed by atoms with Gasteiger partial charge in [0.15, 0.2) is 0 Å². The maximum Gasteiger partial charge on any atom is 0.267 e. The highest BCUT2D eigenvalue weighted by Gasteiger charge is 2.15. The van der Waals surface area contributed by atoms with Crippen LogP contribution in [0.15, 0.2) is 47.8 Å². The third kappa shape index (κ3) is 3.21. The van der Waals surface area contributed by atoms with E-state index in [-0.39, 0.29) is 11.6 Å². The molecule has 0 saturated carbocycles. The van der Waals surface area contributed by atoms with Crippen molar-refractivity contribution < 1.29 is 4.74 Å². The van der Waals surface area contributed by atoms with Crippen molar-refractivity contribution in [3.63, 3.8) is 0 Å². The van der Waals surface area contributed by atoms with Gasteiger partial charge in [-0.05, 0) is 20.8 Å². The van der Waals surface area contributed by atoms with Crippen LogP contribution in [0.2, 0.25) is 0 Å². The quantitative estimate of drug-likeness (QED) is 0.789. The molecule has 0 spiro atoms. The lowest BCUT2D eigenvalue weighted by atomic mass is 10.1. The minimum atomic E-state index is -0.152. The summed E-state index contributed by atoms with van der Waals surface area (Å²) in [5, 5.41) is 4.51. The van der Waals surface area contributed by atoms with E-state index in [4.69, 9.17) is 4.74 Å². The smallest absolute Gasteiger partial charge is 0.267 e. The number of nitrogens with zero attached hydrogens (tertiary/aromatic N) is 2. The van der Waals surface area contributed by atoms with Crippen LogP contribution in [-0.4, -0.2) is 16.4 Å². The maximum atomic E-state index is 12.2. The van der Waals surface area contributed by atoms with Gasteiger partial charge in [0.25, 0.3) is 5.56 Å². The molecule has 0 unspecified atom stereocenters. The van der Waals surface area contributed by atoms with Gasteiger partial charge in [-0.3, -0.25) is 4.79 Å². The molecule has 0 saturated heterocycles. The first kappa shape index (κ1) is 15.0. The number of ether oxygens (including phenoxy) is 1. The Morgan fingerprint density at radius 2 is 2.00 bits per heavy atom. The van der Waals surface area contributed by atoms with Crippen molar-refractivity contribution in [1.29, 1.82) is 0 Å². The zero-order valence-electron chi connectivity index (χ0n) is 12.7. The van der Waals surface area contributed by atoms with Crippen LogP contribution in [0.5, 0.6) is 0 Å². The second-order valence-electron chi connectivity index (χ2n) is 5.01.